The Bertz CT molecular complexity index is 1510. The number of aromatic nitrogens is 3. The van der Waals surface area contributed by atoms with Gasteiger partial charge in [-0.05, 0) is 31.5 Å². The second kappa shape index (κ2) is 12.2. The monoisotopic (exact) mass is 609 g/mol. The van der Waals surface area contributed by atoms with Gasteiger partial charge < -0.3 is 15.4 Å². The number of halogens is 2. The van der Waals surface area contributed by atoms with E-state index in [1.165, 1.54) is 36.6 Å². The van der Waals surface area contributed by atoms with Gasteiger partial charge in [-0.1, -0.05) is 26.8 Å². The summed E-state index contributed by atoms with van der Waals surface area (Å²) in [4.78, 5) is 25.6. The third-order valence-corrected chi connectivity index (χ3v) is 9.19. The molecule has 11 nitrogen and oxygen atoms in total. The molecule has 1 aromatic carbocycles. The highest BCUT2D eigenvalue weighted by Gasteiger charge is 2.32. The number of nitrogens with zero attached hydrogens (tertiary/aromatic N) is 4. The summed E-state index contributed by atoms with van der Waals surface area (Å²) in [7, 11) is -2.87. The lowest BCUT2D eigenvalue weighted by atomic mass is 9.98. The van der Waals surface area contributed by atoms with Crippen LogP contribution in [0.3, 0.4) is 0 Å². The van der Waals surface area contributed by atoms with E-state index >= 15 is 4.39 Å². The molecule has 2 atom stereocenters. The zero-order chi connectivity index (χ0) is 29.9. The summed E-state index contributed by atoms with van der Waals surface area (Å²) in [5, 5.41) is 6.44. The highest BCUT2D eigenvalue weighted by atomic mass is 32.2. The summed E-state index contributed by atoms with van der Waals surface area (Å²) in [6, 6.07) is 5.76. The van der Waals surface area contributed by atoms with Crippen LogP contribution >= 0.6 is 11.3 Å². The minimum atomic E-state index is -4.15. The van der Waals surface area contributed by atoms with Crippen molar-refractivity contribution in [2.45, 2.75) is 51.7 Å². The number of carbonyl (C=O) groups excluding carboxylic acids is 1. The van der Waals surface area contributed by atoms with Crippen LogP contribution in [0.5, 0.6) is 0 Å². The van der Waals surface area contributed by atoms with Gasteiger partial charge in [0.25, 0.3) is 0 Å². The Morgan fingerprint density at radius 2 is 2.02 bits per heavy atom. The molecule has 1 saturated heterocycles. The van der Waals surface area contributed by atoms with Gasteiger partial charge in [0, 0.05) is 42.9 Å². The second-order valence-electron chi connectivity index (χ2n) is 10.6. The van der Waals surface area contributed by atoms with Crippen molar-refractivity contribution in [2.75, 3.05) is 36.8 Å². The Kier molecular flexibility index (Phi) is 9.09. The number of ether oxygens (including phenoxy) is 1. The third-order valence-electron chi connectivity index (χ3n) is 6.20. The van der Waals surface area contributed by atoms with E-state index in [1.807, 2.05) is 20.8 Å². The zero-order valence-electron chi connectivity index (χ0n) is 23.4. The summed E-state index contributed by atoms with van der Waals surface area (Å²) >= 11 is 1.35. The summed E-state index contributed by atoms with van der Waals surface area (Å²) in [6.45, 7) is 7.80. The smallest absolute Gasteiger partial charge is 0.407 e. The average Bonchev–Trinajstić information content (AvgIpc) is 3.56. The molecule has 0 unspecified atom stereocenters. The molecule has 3 N–H and O–H groups in total. The number of carbonyl (C=O) groups is 1. The van der Waals surface area contributed by atoms with Gasteiger partial charge in [0.2, 0.25) is 5.95 Å². The Balaban J connectivity index is 1.68. The number of hydrogen-bond donors (Lipinski definition) is 3. The van der Waals surface area contributed by atoms with Gasteiger partial charge >= 0.3 is 16.3 Å². The second-order valence-corrected chi connectivity index (χ2v) is 13.3. The molecule has 2 aromatic heterocycles. The molecule has 0 radical (unpaired) electrons. The van der Waals surface area contributed by atoms with Crippen molar-refractivity contribution in [1.29, 1.82) is 0 Å². The summed E-state index contributed by atoms with van der Waals surface area (Å²) < 4.78 is 63.0. The Morgan fingerprint density at radius 3 is 2.68 bits per heavy atom. The lowest BCUT2D eigenvalue weighted by molar-refractivity contribution is 0.168. The highest BCUT2D eigenvalue weighted by molar-refractivity contribution is 7.90. The lowest BCUT2D eigenvalue weighted by Crippen LogP contribution is -2.37. The molecule has 0 aliphatic carbocycles. The molecule has 0 spiro atoms. The molecular weight excluding hydrogens is 576 g/mol. The van der Waals surface area contributed by atoms with Gasteiger partial charge in [-0.15, -0.1) is 11.3 Å². The fourth-order valence-corrected chi connectivity index (χ4v) is 6.40. The van der Waals surface area contributed by atoms with Crippen LogP contribution in [0.2, 0.25) is 0 Å². The first kappa shape index (κ1) is 30.5. The van der Waals surface area contributed by atoms with Crippen LogP contribution in [0.4, 0.5) is 25.2 Å². The van der Waals surface area contributed by atoms with E-state index in [0.29, 0.717) is 22.8 Å². The van der Waals surface area contributed by atoms with E-state index in [0.717, 1.165) is 9.31 Å². The third kappa shape index (κ3) is 7.26. The largest absolute Gasteiger partial charge is 0.453 e. The minimum Gasteiger partial charge on any atom is -0.453 e. The van der Waals surface area contributed by atoms with Crippen molar-refractivity contribution in [3.05, 3.63) is 41.3 Å². The number of thiazole rings is 1. The standard InChI is InChI=1S/C26H33F2N7O4S2/c1-15(31-25(36)39-5)13-30-24-29-11-9-19(32-24)22-21(33-23(40-22)26(2,3)4)17-7-6-8-18(20(17)28)34-41(37,38)35-12-10-16(27)14-35/h6-9,11,15-16,34H,10,12-14H2,1-5H3,(H,31,36)(H,29,30,32)/t15-,16-/m0/s1. The SMILES string of the molecule is COC(=O)N[C@@H](C)CNc1nccc(-c2sc(C(C)(C)C)nc2-c2cccc(NS(=O)(=O)N3CC[C@H](F)C3)c2F)n1. The predicted molar refractivity (Wildman–Crippen MR) is 154 cm³/mol. The number of rotatable bonds is 9. The molecular formula is C26H33F2N7O4S2. The summed E-state index contributed by atoms with van der Waals surface area (Å²) in [6.07, 6.45) is -0.164. The fraction of sp³-hybridized carbons (Fsp3) is 0.462. The number of anilines is 2. The van der Waals surface area contributed by atoms with E-state index in [9.17, 15) is 17.6 Å². The number of methoxy groups -OCH3 is 1. The molecule has 1 fully saturated rings. The molecule has 3 aromatic rings. The molecule has 0 saturated carbocycles. The first-order valence-electron chi connectivity index (χ1n) is 12.9. The predicted octanol–water partition coefficient (Wildman–Crippen LogP) is 4.56. The van der Waals surface area contributed by atoms with Crippen LogP contribution in [0.25, 0.3) is 21.8 Å². The number of hydrogen-bond acceptors (Lipinski definition) is 9. The number of alkyl carbamates (subject to hydrolysis) is 1. The van der Waals surface area contributed by atoms with Crippen molar-refractivity contribution in [1.82, 2.24) is 24.6 Å². The molecule has 15 heteroatoms. The molecule has 0 bridgehead atoms. The topological polar surface area (TPSA) is 138 Å². The van der Waals surface area contributed by atoms with Crippen molar-refractivity contribution < 1.29 is 26.7 Å². The van der Waals surface area contributed by atoms with Crippen molar-refractivity contribution in [3.63, 3.8) is 0 Å². The maximum atomic E-state index is 15.9. The first-order chi connectivity index (χ1) is 19.3. The number of amides is 1. The van der Waals surface area contributed by atoms with Crippen LogP contribution in [-0.4, -0.2) is 72.7 Å². The van der Waals surface area contributed by atoms with Crippen molar-refractivity contribution in [3.8, 4) is 21.8 Å². The van der Waals surface area contributed by atoms with E-state index in [2.05, 4.69) is 30.1 Å². The van der Waals surface area contributed by atoms with Gasteiger partial charge in [-0.3, -0.25) is 4.72 Å². The van der Waals surface area contributed by atoms with Gasteiger partial charge in [0.1, 0.15) is 6.17 Å². The van der Waals surface area contributed by atoms with Gasteiger partial charge in [0.05, 0.1) is 34.1 Å². The number of nitrogens with one attached hydrogen (secondary N) is 3. The molecule has 1 amide bonds. The van der Waals surface area contributed by atoms with Gasteiger partial charge in [-0.25, -0.2) is 28.5 Å². The number of alkyl halides is 1. The summed E-state index contributed by atoms with van der Waals surface area (Å²) in [5.41, 5.74) is 0.234. The van der Waals surface area contributed by atoms with Crippen LogP contribution in [0, 0.1) is 5.82 Å². The molecule has 3 heterocycles. The average molecular weight is 610 g/mol. The summed E-state index contributed by atoms with van der Waals surface area (Å²) in [5.74, 6) is -0.523. The van der Waals surface area contributed by atoms with Gasteiger partial charge in [-0.2, -0.15) is 12.7 Å². The maximum absolute atomic E-state index is 15.9. The Hall–Kier alpha value is -3.43. The van der Waals surface area contributed by atoms with Gasteiger partial charge in [0.15, 0.2) is 5.82 Å². The van der Waals surface area contributed by atoms with Crippen LogP contribution in [-0.2, 0) is 20.4 Å². The van der Waals surface area contributed by atoms with E-state index in [-0.39, 0.29) is 48.2 Å². The molecule has 1 aliphatic rings. The van der Waals surface area contributed by atoms with Crippen LogP contribution < -0.4 is 15.4 Å². The van der Waals surface area contributed by atoms with E-state index in [1.54, 1.807) is 19.2 Å². The van der Waals surface area contributed by atoms with E-state index < -0.39 is 28.3 Å². The van der Waals surface area contributed by atoms with Crippen molar-refractivity contribution >= 4 is 39.3 Å². The lowest BCUT2D eigenvalue weighted by Gasteiger charge is -2.18. The Labute approximate surface area is 241 Å². The van der Waals surface area contributed by atoms with Crippen molar-refractivity contribution in [2.24, 2.45) is 0 Å². The fourth-order valence-electron chi connectivity index (χ4n) is 4.03. The number of benzene rings is 1. The minimum absolute atomic E-state index is 0.0184. The van der Waals surface area contributed by atoms with Crippen LogP contribution in [0.15, 0.2) is 30.5 Å². The quantitative estimate of drug-likeness (QED) is 0.321. The maximum Gasteiger partial charge on any atom is 0.407 e. The zero-order valence-corrected chi connectivity index (χ0v) is 25.0. The highest BCUT2D eigenvalue weighted by Crippen LogP contribution is 2.42. The normalized spacial score (nSPS) is 16.8. The van der Waals surface area contributed by atoms with Crippen LogP contribution in [0.1, 0.15) is 39.1 Å². The molecule has 222 valence electrons. The molecule has 41 heavy (non-hydrogen) atoms. The molecule has 4 rings (SSSR count). The van der Waals surface area contributed by atoms with E-state index in [4.69, 9.17) is 4.98 Å². The first-order valence-corrected chi connectivity index (χ1v) is 15.2. The Morgan fingerprint density at radius 1 is 1.27 bits per heavy atom. The molecule has 1 aliphatic heterocycles.